The second-order valence-electron chi connectivity index (χ2n) is 7.03. The van der Waals surface area contributed by atoms with Crippen LogP contribution in [0.4, 0.5) is 14.9 Å². The predicted octanol–water partition coefficient (Wildman–Crippen LogP) is 2.63. The minimum atomic E-state index is -1.41. The summed E-state index contributed by atoms with van der Waals surface area (Å²) in [6, 6.07) is 4.46. The van der Waals surface area contributed by atoms with Crippen molar-refractivity contribution in [2.45, 2.75) is 31.9 Å². The Balaban J connectivity index is 2.14. The molecule has 8 heteroatoms. The predicted molar refractivity (Wildman–Crippen MR) is 97.7 cm³/mol. The van der Waals surface area contributed by atoms with Gasteiger partial charge < -0.3 is 19.9 Å². The monoisotopic (exact) mass is 369 g/mol. The van der Waals surface area contributed by atoms with E-state index in [-0.39, 0.29) is 18.3 Å². The number of carbonyl (C=O) groups excluding carboxylic acids is 1. The Bertz CT molecular complexity index is 649. The molecule has 1 aliphatic heterocycles. The summed E-state index contributed by atoms with van der Waals surface area (Å²) < 4.78 is 34.2. The van der Waals surface area contributed by atoms with Gasteiger partial charge in [-0.3, -0.25) is 0 Å². The Labute approximate surface area is 150 Å². The molecule has 1 aromatic rings. The zero-order chi connectivity index (χ0) is 18.6. The number of ether oxygens (including phenoxy) is 1. The second kappa shape index (κ2) is 8.05. The number of carbonyl (C=O) groups is 1. The van der Waals surface area contributed by atoms with E-state index in [1.807, 2.05) is 20.8 Å². The number of anilines is 1. The van der Waals surface area contributed by atoms with Crippen LogP contribution in [0.15, 0.2) is 22.6 Å². The van der Waals surface area contributed by atoms with E-state index in [1.54, 1.807) is 6.07 Å². The third-order valence-corrected chi connectivity index (χ3v) is 5.23. The molecular formula is C17H24FN3O3S. The van der Waals surface area contributed by atoms with Crippen LogP contribution in [-0.2, 0) is 16.1 Å². The minimum Gasteiger partial charge on any atom is -0.591 e. The first kappa shape index (κ1) is 19.5. The van der Waals surface area contributed by atoms with E-state index < -0.39 is 22.2 Å². The van der Waals surface area contributed by atoms with Crippen LogP contribution in [0, 0.1) is 11.7 Å². The molecule has 1 unspecified atom stereocenters. The van der Waals surface area contributed by atoms with Gasteiger partial charge in [0.2, 0.25) is 0 Å². The van der Waals surface area contributed by atoms with E-state index in [0.29, 0.717) is 12.1 Å². The lowest BCUT2D eigenvalue weighted by Crippen LogP contribution is -2.26. The molecule has 1 saturated heterocycles. The molecule has 0 aliphatic carbocycles. The fraction of sp³-hybridized carbons (Fsp3) is 0.529. The van der Waals surface area contributed by atoms with Crippen molar-refractivity contribution in [1.82, 2.24) is 0 Å². The number of hydrogen-bond donors (Lipinski definition) is 1. The van der Waals surface area contributed by atoms with Crippen LogP contribution >= 0.6 is 0 Å². The van der Waals surface area contributed by atoms with Crippen LogP contribution in [0.3, 0.4) is 0 Å². The maximum absolute atomic E-state index is 13.7. The molecule has 1 amide bonds. The van der Waals surface area contributed by atoms with Crippen LogP contribution < -0.4 is 10.6 Å². The number of nitrogens with zero attached hydrogens (tertiary/aromatic N) is 2. The fourth-order valence-corrected chi connectivity index (χ4v) is 3.09. The first-order chi connectivity index (χ1) is 11.7. The number of halogens is 1. The van der Waals surface area contributed by atoms with Gasteiger partial charge in [-0.05, 0) is 45.4 Å². The summed E-state index contributed by atoms with van der Waals surface area (Å²) >= 11 is -1.41. The van der Waals surface area contributed by atoms with Crippen molar-refractivity contribution in [2.75, 3.05) is 24.6 Å². The van der Waals surface area contributed by atoms with E-state index in [9.17, 15) is 13.7 Å². The van der Waals surface area contributed by atoms with Crippen LogP contribution in [0.1, 0.15) is 32.8 Å². The van der Waals surface area contributed by atoms with Crippen molar-refractivity contribution < 1.29 is 18.5 Å². The highest BCUT2D eigenvalue weighted by atomic mass is 32.2. The molecule has 0 spiro atoms. The van der Waals surface area contributed by atoms with Crippen LogP contribution in [0.25, 0.3) is 0 Å². The Morgan fingerprint density at radius 3 is 2.92 bits per heavy atom. The topological polar surface area (TPSA) is 91.0 Å². The SMILES string of the molecule is CC(C)(C)[S+]([O-])N=Cc1cc(F)ccc1N1CC[C@@H](COC(N)=O)C1. The number of rotatable bonds is 5. The lowest BCUT2D eigenvalue weighted by Gasteiger charge is -2.21. The minimum absolute atomic E-state index is 0.172. The lowest BCUT2D eigenvalue weighted by molar-refractivity contribution is 0.140. The van der Waals surface area contributed by atoms with E-state index in [0.717, 1.165) is 18.7 Å². The highest BCUT2D eigenvalue weighted by Gasteiger charge is 2.27. The first-order valence-electron chi connectivity index (χ1n) is 8.09. The van der Waals surface area contributed by atoms with Crippen molar-refractivity contribution in [3.63, 3.8) is 0 Å². The van der Waals surface area contributed by atoms with Crippen molar-refractivity contribution >= 4 is 29.4 Å². The van der Waals surface area contributed by atoms with Gasteiger partial charge in [-0.2, -0.15) is 0 Å². The van der Waals surface area contributed by atoms with Gasteiger partial charge in [0.25, 0.3) is 0 Å². The molecule has 0 radical (unpaired) electrons. The molecule has 0 saturated carbocycles. The van der Waals surface area contributed by atoms with Crippen molar-refractivity contribution in [3.05, 3.63) is 29.6 Å². The molecule has 2 N–H and O–H groups in total. The smallest absolute Gasteiger partial charge is 0.404 e. The Morgan fingerprint density at radius 2 is 2.28 bits per heavy atom. The molecule has 0 aromatic heterocycles. The van der Waals surface area contributed by atoms with Gasteiger partial charge in [-0.15, -0.1) is 0 Å². The summed E-state index contributed by atoms with van der Waals surface area (Å²) in [4.78, 5) is 12.8. The Morgan fingerprint density at radius 1 is 1.56 bits per heavy atom. The van der Waals surface area contributed by atoms with E-state index >= 15 is 0 Å². The summed E-state index contributed by atoms with van der Waals surface area (Å²) in [7, 11) is 0. The van der Waals surface area contributed by atoms with E-state index in [1.165, 1.54) is 18.3 Å². The van der Waals surface area contributed by atoms with Gasteiger partial charge in [-0.25, -0.2) is 9.18 Å². The summed E-state index contributed by atoms with van der Waals surface area (Å²) in [5, 5.41) is 0. The summed E-state index contributed by atoms with van der Waals surface area (Å²) in [6.07, 6.45) is 1.53. The number of nitrogens with two attached hydrogens (primary N) is 1. The standard InChI is InChI=1S/C17H24FN3O3S/c1-17(2,3)25(23)20-9-13-8-14(18)4-5-15(13)21-7-6-12(10-21)11-24-16(19)22/h4-5,8-9,12H,6-7,10-11H2,1-3H3,(H2,19,22)/t12-,25?/m1/s1. The number of benzene rings is 1. The average molecular weight is 369 g/mol. The van der Waals surface area contributed by atoms with Crippen LogP contribution in [-0.4, -0.2) is 41.3 Å². The highest BCUT2D eigenvalue weighted by molar-refractivity contribution is 7.91. The normalized spacial score (nSPS) is 19.4. The summed E-state index contributed by atoms with van der Waals surface area (Å²) in [5.41, 5.74) is 6.39. The third-order valence-electron chi connectivity index (χ3n) is 3.89. The molecule has 1 aromatic carbocycles. The molecule has 138 valence electrons. The number of primary amides is 1. The molecular weight excluding hydrogens is 345 g/mol. The molecule has 1 aliphatic rings. The molecule has 1 heterocycles. The van der Waals surface area contributed by atoms with Gasteiger partial charge in [0.15, 0.2) is 0 Å². The Hall–Kier alpha value is -1.80. The molecule has 0 bridgehead atoms. The molecule has 1 fully saturated rings. The first-order valence-corrected chi connectivity index (χ1v) is 9.20. The summed E-state index contributed by atoms with van der Waals surface area (Å²) in [6.45, 7) is 7.18. The highest BCUT2D eigenvalue weighted by Crippen LogP contribution is 2.28. The fourth-order valence-electron chi connectivity index (χ4n) is 2.57. The maximum atomic E-state index is 13.7. The van der Waals surface area contributed by atoms with Gasteiger partial charge in [0.1, 0.15) is 21.9 Å². The quantitative estimate of drug-likeness (QED) is 0.638. The zero-order valence-electron chi connectivity index (χ0n) is 14.7. The van der Waals surface area contributed by atoms with Crippen molar-refractivity contribution in [1.29, 1.82) is 0 Å². The molecule has 6 nitrogen and oxygen atoms in total. The number of hydrogen-bond acceptors (Lipinski definition) is 5. The zero-order valence-corrected chi connectivity index (χ0v) is 15.5. The third kappa shape index (κ3) is 5.61. The number of amides is 1. The van der Waals surface area contributed by atoms with Crippen molar-refractivity contribution in [2.24, 2.45) is 16.0 Å². The largest absolute Gasteiger partial charge is 0.591 e. The molecule has 2 rings (SSSR count). The van der Waals surface area contributed by atoms with Gasteiger partial charge in [0, 0.05) is 30.3 Å². The molecule has 25 heavy (non-hydrogen) atoms. The Kier molecular flexibility index (Phi) is 6.29. The van der Waals surface area contributed by atoms with E-state index in [4.69, 9.17) is 10.5 Å². The lowest BCUT2D eigenvalue weighted by atomic mass is 10.1. The van der Waals surface area contributed by atoms with Gasteiger partial charge in [-0.1, -0.05) is 4.40 Å². The average Bonchev–Trinajstić information content (AvgIpc) is 2.98. The molecule has 2 atom stereocenters. The van der Waals surface area contributed by atoms with Crippen LogP contribution in [0.5, 0.6) is 0 Å². The van der Waals surface area contributed by atoms with Crippen LogP contribution in [0.2, 0.25) is 0 Å². The second-order valence-corrected chi connectivity index (χ2v) is 8.96. The summed E-state index contributed by atoms with van der Waals surface area (Å²) in [5.74, 6) is -0.203. The van der Waals surface area contributed by atoms with E-state index in [2.05, 4.69) is 9.30 Å². The van der Waals surface area contributed by atoms with Gasteiger partial charge in [0.05, 0.1) is 12.8 Å². The van der Waals surface area contributed by atoms with Crippen molar-refractivity contribution in [3.8, 4) is 0 Å². The van der Waals surface area contributed by atoms with Gasteiger partial charge >= 0.3 is 6.09 Å². The maximum Gasteiger partial charge on any atom is 0.404 e.